The highest BCUT2D eigenvalue weighted by atomic mass is 32.2. The van der Waals surface area contributed by atoms with Crippen molar-refractivity contribution in [3.05, 3.63) is 102 Å². The second kappa shape index (κ2) is 12.4. The van der Waals surface area contributed by atoms with Gasteiger partial charge >= 0.3 is 0 Å². The smallest absolute Gasteiger partial charge is 0.239 e. The molecule has 10 heteroatoms. The lowest BCUT2D eigenvalue weighted by molar-refractivity contribution is 0.466. The van der Waals surface area contributed by atoms with Crippen LogP contribution in [0.5, 0.6) is 11.6 Å². The maximum Gasteiger partial charge on any atom is 0.239 e. The van der Waals surface area contributed by atoms with Gasteiger partial charge in [-0.1, -0.05) is 54.6 Å². The van der Waals surface area contributed by atoms with E-state index in [-0.39, 0.29) is 6.04 Å². The quantitative estimate of drug-likeness (QED) is 0.178. The van der Waals surface area contributed by atoms with Crippen molar-refractivity contribution in [2.24, 2.45) is 0 Å². The first-order chi connectivity index (χ1) is 20.9. The molecule has 6 rings (SSSR count). The molecule has 43 heavy (non-hydrogen) atoms. The molecule has 0 aliphatic carbocycles. The number of piperidine rings is 1. The van der Waals surface area contributed by atoms with Gasteiger partial charge in [-0.3, -0.25) is 4.72 Å². The second-order valence-electron chi connectivity index (χ2n) is 10.7. The summed E-state index contributed by atoms with van der Waals surface area (Å²) in [5.41, 5.74) is 3.49. The maximum absolute atomic E-state index is 13.4. The molecule has 2 aromatic heterocycles. The van der Waals surface area contributed by atoms with E-state index in [1.807, 2.05) is 79.7 Å². The Morgan fingerprint density at radius 3 is 2.60 bits per heavy atom. The molecule has 1 fully saturated rings. The van der Waals surface area contributed by atoms with Gasteiger partial charge in [-0.05, 0) is 68.6 Å². The monoisotopic (exact) mass is 594 g/mol. The lowest BCUT2D eigenvalue weighted by Crippen LogP contribution is -2.38. The van der Waals surface area contributed by atoms with Gasteiger partial charge in [-0.2, -0.15) is 0 Å². The van der Waals surface area contributed by atoms with E-state index >= 15 is 0 Å². The number of nitrogens with one attached hydrogen (secondary N) is 3. The van der Waals surface area contributed by atoms with Crippen LogP contribution in [0.1, 0.15) is 36.1 Å². The number of aryl methyl sites for hydroxylation is 1. The summed E-state index contributed by atoms with van der Waals surface area (Å²) in [6.45, 7) is 5.54. The van der Waals surface area contributed by atoms with E-state index in [4.69, 9.17) is 9.72 Å². The predicted octanol–water partition coefficient (Wildman–Crippen LogP) is 6.46. The zero-order chi connectivity index (χ0) is 29.8. The highest BCUT2D eigenvalue weighted by Gasteiger charge is 2.24. The minimum Gasteiger partial charge on any atom is -0.437 e. The Morgan fingerprint density at radius 1 is 0.930 bits per heavy atom. The third-order valence-electron chi connectivity index (χ3n) is 7.73. The summed E-state index contributed by atoms with van der Waals surface area (Å²) in [5, 5.41) is 7.59. The number of hydrogen-bond acceptors (Lipinski definition) is 8. The summed E-state index contributed by atoms with van der Waals surface area (Å²) in [4.78, 5) is 13.8. The van der Waals surface area contributed by atoms with Gasteiger partial charge in [0.05, 0.1) is 16.9 Å². The highest BCUT2D eigenvalue weighted by Crippen LogP contribution is 2.39. The topological polar surface area (TPSA) is 118 Å². The number of rotatable bonds is 9. The molecule has 5 aromatic rings. The van der Waals surface area contributed by atoms with Gasteiger partial charge in [0, 0.05) is 35.8 Å². The molecular weight excluding hydrogens is 560 g/mol. The van der Waals surface area contributed by atoms with Crippen molar-refractivity contribution in [1.29, 1.82) is 0 Å². The van der Waals surface area contributed by atoms with Crippen molar-refractivity contribution >= 4 is 32.4 Å². The summed E-state index contributed by atoms with van der Waals surface area (Å²) in [5.74, 6) is 1.55. The van der Waals surface area contributed by atoms with Gasteiger partial charge in [0.25, 0.3) is 0 Å². The van der Waals surface area contributed by atoms with Crippen molar-refractivity contribution in [3.8, 4) is 22.9 Å². The van der Waals surface area contributed by atoms with Crippen LogP contribution in [0, 0.1) is 6.92 Å². The molecule has 220 valence electrons. The number of aromatic nitrogens is 3. The molecule has 9 nitrogen and oxygen atoms in total. The Hall–Kier alpha value is -4.54. The van der Waals surface area contributed by atoms with E-state index in [9.17, 15) is 8.42 Å². The average Bonchev–Trinajstić information content (AvgIpc) is 3.03. The third-order valence-corrected chi connectivity index (χ3v) is 9.43. The lowest BCUT2D eigenvalue weighted by Gasteiger charge is -2.23. The standard InChI is InChI=1S/C33H34N6O3S/c1-22-15-16-26-27(12-6-14-30(26)39-43(40,41)23(2)24-9-4-3-5-10-24)31(22)42-32-28(13-8-19-35-32)29-17-20-36-33(38-29)37-25-11-7-18-34-21-25/h3-6,8-10,12-17,19-20,23,25,34,39H,7,11,18,21H2,1-2H3,(H,36,37,38)/t23?,25-/m0/s1. The van der Waals surface area contributed by atoms with E-state index in [0.29, 0.717) is 29.0 Å². The number of fused-ring (bicyclic) bond motifs is 1. The van der Waals surface area contributed by atoms with Crippen LogP contribution in [0.4, 0.5) is 11.6 Å². The van der Waals surface area contributed by atoms with E-state index in [2.05, 4.69) is 25.3 Å². The molecule has 0 bridgehead atoms. The Labute approximate surface area is 251 Å². The van der Waals surface area contributed by atoms with Crippen molar-refractivity contribution in [2.45, 2.75) is 38.0 Å². The number of anilines is 2. The number of pyridine rings is 1. The van der Waals surface area contributed by atoms with E-state index in [0.717, 1.165) is 53.4 Å². The van der Waals surface area contributed by atoms with Gasteiger partial charge in [0.1, 0.15) is 11.0 Å². The third kappa shape index (κ3) is 6.30. The second-order valence-corrected chi connectivity index (χ2v) is 12.7. The molecule has 1 unspecified atom stereocenters. The molecule has 0 amide bonds. The fraction of sp³-hybridized carbons (Fsp3) is 0.242. The molecule has 0 radical (unpaired) electrons. The van der Waals surface area contributed by atoms with Crippen molar-refractivity contribution in [2.75, 3.05) is 23.1 Å². The van der Waals surface area contributed by atoms with Crippen LogP contribution in [-0.2, 0) is 10.0 Å². The molecule has 3 N–H and O–H groups in total. The zero-order valence-corrected chi connectivity index (χ0v) is 24.9. The fourth-order valence-corrected chi connectivity index (χ4v) is 6.48. The van der Waals surface area contributed by atoms with E-state index in [1.54, 1.807) is 25.4 Å². The van der Waals surface area contributed by atoms with Crippen molar-refractivity contribution < 1.29 is 13.2 Å². The van der Waals surface area contributed by atoms with Crippen LogP contribution in [0.2, 0.25) is 0 Å². The molecule has 1 aliphatic heterocycles. The number of ether oxygens (including phenoxy) is 1. The minimum absolute atomic E-state index is 0.272. The summed E-state index contributed by atoms with van der Waals surface area (Å²) in [7, 11) is -3.72. The first kappa shape index (κ1) is 28.6. The van der Waals surface area contributed by atoms with Crippen LogP contribution in [0.3, 0.4) is 0 Å². The molecule has 3 heterocycles. The number of sulfonamides is 1. The fourth-order valence-electron chi connectivity index (χ4n) is 5.31. The molecule has 2 atom stereocenters. The van der Waals surface area contributed by atoms with Crippen LogP contribution < -0.4 is 20.1 Å². The summed E-state index contributed by atoms with van der Waals surface area (Å²) in [6.07, 6.45) is 5.58. The summed E-state index contributed by atoms with van der Waals surface area (Å²) in [6, 6.07) is 24.4. The van der Waals surface area contributed by atoms with Crippen LogP contribution in [-0.4, -0.2) is 42.5 Å². The molecule has 3 aromatic carbocycles. The van der Waals surface area contributed by atoms with Gasteiger partial charge in [-0.15, -0.1) is 0 Å². The van der Waals surface area contributed by atoms with Crippen LogP contribution >= 0.6 is 0 Å². The number of nitrogens with zero attached hydrogens (tertiary/aromatic N) is 3. The Balaban J connectivity index is 1.32. The van der Waals surface area contributed by atoms with Gasteiger partial charge < -0.3 is 15.4 Å². The Kier molecular flexibility index (Phi) is 8.22. The largest absolute Gasteiger partial charge is 0.437 e. The number of hydrogen-bond donors (Lipinski definition) is 3. The molecular formula is C33H34N6O3S. The lowest BCUT2D eigenvalue weighted by atomic mass is 10.0. The van der Waals surface area contributed by atoms with E-state index < -0.39 is 15.3 Å². The van der Waals surface area contributed by atoms with Gasteiger partial charge in [0.2, 0.25) is 21.9 Å². The van der Waals surface area contributed by atoms with Crippen LogP contribution in [0.15, 0.2) is 91.3 Å². The first-order valence-corrected chi connectivity index (χ1v) is 16.0. The molecule has 1 saturated heterocycles. The molecule has 0 saturated carbocycles. The molecule has 0 spiro atoms. The summed E-state index contributed by atoms with van der Waals surface area (Å²) < 4.78 is 36.1. The number of benzene rings is 3. The SMILES string of the molecule is Cc1ccc2c(NS(=O)(=O)C(C)c3ccccc3)cccc2c1Oc1ncccc1-c1ccnc(N[C@H]2CCCNC2)n1. The minimum atomic E-state index is -3.72. The first-order valence-electron chi connectivity index (χ1n) is 14.4. The zero-order valence-electron chi connectivity index (χ0n) is 24.1. The van der Waals surface area contributed by atoms with Crippen LogP contribution in [0.25, 0.3) is 22.0 Å². The van der Waals surface area contributed by atoms with Gasteiger partial charge in [0.15, 0.2) is 0 Å². The summed E-state index contributed by atoms with van der Waals surface area (Å²) >= 11 is 0. The Morgan fingerprint density at radius 2 is 1.79 bits per heavy atom. The van der Waals surface area contributed by atoms with Crippen molar-refractivity contribution in [3.63, 3.8) is 0 Å². The highest BCUT2D eigenvalue weighted by molar-refractivity contribution is 7.92. The van der Waals surface area contributed by atoms with E-state index in [1.165, 1.54) is 0 Å². The molecule has 1 aliphatic rings. The predicted molar refractivity (Wildman–Crippen MR) is 171 cm³/mol. The normalized spacial score (nSPS) is 16.0. The van der Waals surface area contributed by atoms with Gasteiger partial charge in [-0.25, -0.2) is 23.4 Å². The Bertz CT molecular complexity index is 1840. The van der Waals surface area contributed by atoms with Crippen molar-refractivity contribution in [1.82, 2.24) is 20.3 Å². The average molecular weight is 595 g/mol. The maximum atomic E-state index is 13.4.